The fourth-order valence-electron chi connectivity index (χ4n) is 2.45. The van der Waals surface area contributed by atoms with Crippen molar-refractivity contribution >= 4 is 34.0 Å². The second kappa shape index (κ2) is 5.45. The van der Waals surface area contributed by atoms with Crippen molar-refractivity contribution in [2.45, 2.75) is 31.3 Å². The van der Waals surface area contributed by atoms with Crippen molar-refractivity contribution in [3.8, 4) is 0 Å². The Morgan fingerprint density at radius 2 is 2.27 bits per heavy atom. The van der Waals surface area contributed by atoms with E-state index >= 15 is 0 Å². The van der Waals surface area contributed by atoms with Gasteiger partial charge in [0.1, 0.15) is 11.4 Å². The number of hydrogen-bond acceptors (Lipinski definition) is 7. The molecule has 3 aromatic rings. The first-order valence-electron chi connectivity index (χ1n) is 6.70. The molecule has 0 aromatic carbocycles. The molecule has 0 bridgehead atoms. The molecule has 0 spiro atoms. The topological polar surface area (TPSA) is 99.8 Å². The number of thiophene rings is 1. The van der Waals surface area contributed by atoms with Crippen molar-refractivity contribution in [2.24, 2.45) is 5.73 Å². The van der Waals surface area contributed by atoms with Crippen LogP contribution in [0.1, 0.15) is 31.0 Å². The zero-order valence-electron chi connectivity index (χ0n) is 11.6. The van der Waals surface area contributed by atoms with Crippen LogP contribution in [0.25, 0.3) is 10.2 Å². The normalized spacial score (nSPS) is 16.2. The molecule has 0 unspecified atom stereocenters. The van der Waals surface area contributed by atoms with E-state index in [4.69, 9.17) is 10.3 Å². The molecule has 3 aromatic heterocycles. The Hall–Kier alpha value is -1.77. The molecule has 1 aliphatic rings. The maximum Gasteiger partial charge on any atom is 0.262 e. The minimum Gasteiger partial charge on any atom is -0.337 e. The number of rotatable bonds is 3. The van der Waals surface area contributed by atoms with Crippen LogP contribution in [0, 0.1) is 0 Å². The van der Waals surface area contributed by atoms with Crippen molar-refractivity contribution in [1.29, 1.82) is 0 Å². The molecule has 0 radical (unpaired) electrons. The number of hydrogen-bond donors (Lipinski definition) is 1. The van der Waals surface area contributed by atoms with Crippen LogP contribution in [0.2, 0.25) is 0 Å². The van der Waals surface area contributed by atoms with Gasteiger partial charge >= 0.3 is 0 Å². The molecule has 22 heavy (non-hydrogen) atoms. The summed E-state index contributed by atoms with van der Waals surface area (Å²) in [4.78, 5) is 21.6. The summed E-state index contributed by atoms with van der Waals surface area (Å²) in [6, 6.07) is 1.77. The Labute approximate surface area is 135 Å². The zero-order valence-corrected chi connectivity index (χ0v) is 13.2. The maximum atomic E-state index is 12.3. The minimum atomic E-state index is -0.456. The smallest absolute Gasteiger partial charge is 0.262 e. The zero-order chi connectivity index (χ0) is 14.4. The lowest BCUT2D eigenvalue weighted by atomic mass is 9.77. The molecule has 2 N–H and O–H groups in total. The summed E-state index contributed by atoms with van der Waals surface area (Å²) >= 11 is 1.44. The van der Waals surface area contributed by atoms with Gasteiger partial charge < -0.3 is 10.3 Å². The lowest BCUT2D eigenvalue weighted by Crippen LogP contribution is -2.44. The summed E-state index contributed by atoms with van der Waals surface area (Å²) in [7, 11) is 0. The van der Waals surface area contributed by atoms with Crippen LogP contribution < -0.4 is 11.3 Å². The van der Waals surface area contributed by atoms with Gasteiger partial charge in [0.25, 0.3) is 5.56 Å². The third-order valence-corrected chi connectivity index (χ3v) is 4.74. The molecule has 0 atom stereocenters. The van der Waals surface area contributed by atoms with Crippen LogP contribution in [0.5, 0.6) is 0 Å². The predicted octanol–water partition coefficient (Wildman–Crippen LogP) is 1.65. The summed E-state index contributed by atoms with van der Waals surface area (Å²) in [5, 5.41) is 6.40. The van der Waals surface area contributed by atoms with E-state index in [9.17, 15) is 4.79 Å². The Morgan fingerprint density at radius 3 is 3.00 bits per heavy atom. The van der Waals surface area contributed by atoms with Gasteiger partial charge in [0.2, 0.25) is 5.89 Å². The maximum absolute atomic E-state index is 12.3. The second-order valence-corrected chi connectivity index (χ2v) is 6.23. The molecule has 0 aliphatic heterocycles. The Balaban J connectivity index is 0.00000144. The highest BCUT2D eigenvalue weighted by Gasteiger charge is 2.38. The Kier molecular flexibility index (Phi) is 3.75. The first kappa shape index (κ1) is 15.1. The van der Waals surface area contributed by atoms with Crippen LogP contribution >= 0.6 is 23.7 Å². The highest BCUT2D eigenvalue weighted by Crippen LogP contribution is 2.36. The van der Waals surface area contributed by atoms with Crippen LogP contribution in [-0.4, -0.2) is 19.7 Å². The predicted molar refractivity (Wildman–Crippen MR) is 84.2 cm³/mol. The minimum absolute atomic E-state index is 0. The lowest BCUT2D eigenvalue weighted by molar-refractivity contribution is 0.228. The van der Waals surface area contributed by atoms with Gasteiger partial charge in [-0.25, -0.2) is 4.98 Å². The summed E-state index contributed by atoms with van der Waals surface area (Å²) in [6.07, 6.45) is 4.33. The molecule has 9 heteroatoms. The van der Waals surface area contributed by atoms with E-state index in [1.165, 1.54) is 22.2 Å². The molecule has 3 heterocycles. The highest BCUT2D eigenvalue weighted by molar-refractivity contribution is 7.16. The molecular weight excluding hydrogens is 326 g/mol. The number of nitrogens with two attached hydrogens (primary N) is 1. The van der Waals surface area contributed by atoms with Gasteiger partial charge in [-0.05, 0) is 30.7 Å². The quantitative estimate of drug-likeness (QED) is 0.778. The molecule has 1 saturated carbocycles. The fourth-order valence-corrected chi connectivity index (χ4v) is 3.18. The van der Waals surface area contributed by atoms with E-state index < -0.39 is 5.54 Å². The van der Waals surface area contributed by atoms with E-state index in [2.05, 4.69) is 15.1 Å². The van der Waals surface area contributed by atoms with E-state index in [-0.39, 0.29) is 24.5 Å². The van der Waals surface area contributed by atoms with Crippen molar-refractivity contribution in [3.05, 3.63) is 39.8 Å². The largest absolute Gasteiger partial charge is 0.337 e. The average Bonchev–Trinajstić information content (AvgIpc) is 3.08. The summed E-state index contributed by atoms with van der Waals surface area (Å²) in [5.41, 5.74) is 5.60. The molecule has 1 fully saturated rings. The van der Waals surface area contributed by atoms with Gasteiger partial charge in [0.05, 0.1) is 17.3 Å². The molecule has 1 aliphatic carbocycles. The molecule has 7 nitrogen and oxygen atoms in total. The first-order chi connectivity index (χ1) is 10.2. The standard InChI is InChI=1S/C13H13N5O2S.ClH/c14-13(3-1-4-13)12-16-9(20-17-12)6-18-7-15-10-8(11(18)19)2-5-21-10;/h2,5,7H,1,3-4,6,14H2;1H. The number of fused-ring (bicyclic) bond motifs is 1. The first-order valence-corrected chi connectivity index (χ1v) is 7.58. The van der Waals surface area contributed by atoms with Crippen molar-refractivity contribution < 1.29 is 4.52 Å². The van der Waals surface area contributed by atoms with Gasteiger partial charge in [-0.3, -0.25) is 9.36 Å². The van der Waals surface area contributed by atoms with Gasteiger partial charge in [0, 0.05) is 0 Å². The lowest BCUT2D eigenvalue weighted by Gasteiger charge is -2.34. The van der Waals surface area contributed by atoms with Crippen LogP contribution in [0.15, 0.2) is 27.1 Å². The second-order valence-electron chi connectivity index (χ2n) is 5.34. The number of aromatic nitrogens is 4. The van der Waals surface area contributed by atoms with E-state index in [1.54, 1.807) is 6.07 Å². The molecule has 116 valence electrons. The molecule has 0 saturated heterocycles. The molecule has 4 rings (SSSR count). The SMILES string of the molecule is Cl.NC1(c2noc(Cn3cnc4sccc4c3=O)n2)CCC1. The average molecular weight is 340 g/mol. The van der Waals surface area contributed by atoms with E-state index in [0.29, 0.717) is 17.1 Å². The Bertz CT molecular complexity index is 867. The summed E-state index contributed by atoms with van der Waals surface area (Å²) < 4.78 is 6.68. The molecule has 0 amide bonds. The highest BCUT2D eigenvalue weighted by atomic mass is 35.5. The fraction of sp³-hybridized carbons (Fsp3) is 0.385. The third kappa shape index (κ3) is 2.33. The van der Waals surface area contributed by atoms with Crippen molar-refractivity contribution in [2.75, 3.05) is 0 Å². The molecular formula is C13H14ClN5O2S. The van der Waals surface area contributed by atoms with Crippen molar-refractivity contribution in [3.63, 3.8) is 0 Å². The number of halogens is 1. The van der Waals surface area contributed by atoms with Crippen LogP contribution in [0.4, 0.5) is 0 Å². The van der Waals surface area contributed by atoms with Crippen LogP contribution in [0.3, 0.4) is 0 Å². The van der Waals surface area contributed by atoms with Crippen molar-refractivity contribution in [1.82, 2.24) is 19.7 Å². The van der Waals surface area contributed by atoms with E-state index in [1.807, 2.05) is 5.38 Å². The Morgan fingerprint density at radius 1 is 1.45 bits per heavy atom. The third-order valence-electron chi connectivity index (χ3n) is 3.92. The van der Waals surface area contributed by atoms with Gasteiger partial charge in [-0.2, -0.15) is 4.98 Å². The van der Waals surface area contributed by atoms with E-state index in [0.717, 1.165) is 24.1 Å². The number of nitrogens with zero attached hydrogens (tertiary/aromatic N) is 4. The van der Waals surface area contributed by atoms with Gasteiger partial charge in [-0.1, -0.05) is 5.16 Å². The van der Waals surface area contributed by atoms with Gasteiger partial charge in [-0.15, -0.1) is 23.7 Å². The monoisotopic (exact) mass is 339 g/mol. The summed E-state index contributed by atoms with van der Waals surface area (Å²) in [5.74, 6) is 0.904. The van der Waals surface area contributed by atoms with Gasteiger partial charge in [0.15, 0.2) is 5.82 Å². The summed E-state index contributed by atoms with van der Waals surface area (Å²) in [6.45, 7) is 0.209. The van der Waals surface area contributed by atoms with Crippen LogP contribution in [-0.2, 0) is 12.1 Å².